The molecule has 16 heavy (non-hydrogen) atoms. The van der Waals surface area contributed by atoms with Gasteiger partial charge in [-0.05, 0) is 31.8 Å². The molecule has 0 aromatic carbocycles. The van der Waals surface area contributed by atoms with Crippen LogP contribution < -0.4 is 5.32 Å². The van der Waals surface area contributed by atoms with Crippen molar-refractivity contribution in [3.05, 3.63) is 0 Å². The molecule has 0 aromatic rings. The molecule has 0 rings (SSSR count). The normalized spacial score (nSPS) is 12.9. The van der Waals surface area contributed by atoms with Crippen LogP contribution in [0.3, 0.4) is 0 Å². The summed E-state index contributed by atoms with van der Waals surface area (Å²) in [4.78, 5) is 0. The summed E-state index contributed by atoms with van der Waals surface area (Å²) < 4.78 is 0. The van der Waals surface area contributed by atoms with Crippen molar-refractivity contribution >= 4 is 0 Å². The summed E-state index contributed by atoms with van der Waals surface area (Å²) >= 11 is 0. The van der Waals surface area contributed by atoms with Crippen molar-refractivity contribution in [3.63, 3.8) is 0 Å². The van der Waals surface area contributed by atoms with E-state index in [-0.39, 0.29) is 0 Å². The zero-order valence-electron chi connectivity index (χ0n) is 11.3. The average Bonchev–Trinajstić information content (AvgIpc) is 2.31. The second-order valence-electron chi connectivity index (χ2n) is 4.76. The Balaban J connectivity index is 3.12. The maximum atomic E-state index is 8.86. The minimum atomic E-state index is 0.331. The highest BCUT2D eigenvalue weighted by atomic mass is 16.3. The Morgan fingerprint density at radius 2 is 1.69 bits per heavy atom. The third-order valence-corrected chi connectivity index (χ3v) is 3.25. The summed E-state index contributed by atoms with van der Waals surface area (Å²) in [6, 6.07) is 0. The molecular formula is C14H31NO. The molecule has 0 heterocycles. The molecule has 0 amide bonds. The summed E-state index contributed by atoms with van der Waals surface area (Å²) in [5.41, 5.74) is 0. The van der Waals surface area contributed by atoms with E-state index >= 15 is 0 Å². The Bertz CT molecular complexity index is 128. The van der Waals surface area contributed by atoms with E-state index in [2.05, 4.69) is 19.2 Å². The molecule has 2 heteroatoms. The van der Waals surface area contributed by atoms with Gasteiger partial charge in [0.2, 0.25) is 0 Å². The molecular weight excluding hydrogens is 198 g/mol. The summed E-state index contributed by atoms with van der Waals surface area (Å²) in [6.45, 7) is 7.01. The molecule has 1 atom stereocenters. The van der Waals surface area contributed by atoms with E-state index in [0.29, 0.717) is 12.5 Å². The molecule has 0 aliphatic carbocycles. The Kier molecular flexibility index (Phi) is 12.9. The Morgan fingerprint density at radius 3 is 2.31 bits per heavy atom. The number of aliphatic hydroxyl groups is 1. The molecule has 0 spiro atoms. The Labute approximate surface area is 102 Å². The maximum Gasteiger partial charge on any atom is 0.0434 e. The van der Waals surface area contributed by atoms with Crippen LogP contribution in [0.25, 0.3) is 0 Å². The van der Waals surface area contributed by atoms with Gasteiger partial charge in [-0.1, -0.05) is 52.4 Å². The van der Waals surface area contributed by atoms with Crippen molar-refractivity contribution in [1.29, 1.82) is 0 Å². The summed E-state index contributed by atoms with van der Waals surface area (Å²) in [6.07, 6.45) is 10.3. The standard InChI is InChI=1S/C14H31NO/c1-3-5-6-7-8-9-11-15-13-14(4-2)10-12-16/h14-16H,3-13H2,1-2H3. The fourth-order valence-electron chi connectivity index (χ4n) is 1.97. The quantitative estimate of drug-likeness (QED) is 0.503. The topological polar surface area (TPSA) is 32.3 Å². The van der Waals surface area contributed by atoms with Gasteiger partial charge in [-0.15, -0.1) is 0 Å². The van der Waals surface area contributed by atoms with Crippen molar-refractivity contribution < 1.29 is 5.11 Å². The van der Waals surface area contributed by atoms with Crippen LogP contribution in [0.5, 0.6) is 0 Å². The molecule has 2 nitrogen and oxygen atoms in total. The monoisotopic (exact) mass is 229 g/mol. The van der Waals surface area contributed by atoms with Crippen molar-refractivity contribution in [2.24, 2.45) is 5.92 Å². The number of rotatable bonds is 12. The first kappa shape index (κ1) is 15.9. The summed E-state index contributed by atoms with van der Waals surface area (Å²) in [7, 11) is 0. The van der Waals surface area contributed by atoms with E-state index in [1.54, 1.807) is 0 Å². The van der Waals surface area contributed by atoms with Gasteiger partial charge in [0.25, 0.3) is 0 Å². The fraction of sp³-hybridized carbons (Fsp3) is 1.00. The molecule has 0 aromatic heterocycles. The van der Waals surface area contributed by atoms with Crippen LogP contribution >= 0.6 is 0 Å². The highest BCUT2D eigenvalue weighted by Gasteiger charge is 2.03. The molecule has 0 fully saturated rings. The second kappa shape index (κ2) is 13.0. The predicted octanol–water partition coefficient (Wildman–Crippen LogP) is 3.35. The van der Waals surface area contributed by atoms with Gasteiger partial charge < -0.3 is 10.4 Å². The van der Waals surface area contributed by atoms with Crippen LogP contribution in [0.1, 0.15) is 65.2 Å². The molecule has 2 N–H and O–H groups in total. The molecule has 0 aliphatic rings. The maximum absolute atomic E-state index is 8.86. The van der Waals surface area contributed by atoms with Gasteiger partial charge in [0.05, 0.1) is 0 Å². The van der Waals surface area contributed by atoms with Gasteiger partial charge in [-0.2, -0.15) is 0 Å². The van der Waals surface area contributed by atoms with Crippen molar-refractivity contribution in [3.8, 4) is 0 Å². The summed E-state index contributed by atoms with van der Waals surface area (Å²) in [5.74, 6) is 0.657. The largest absolute Gasteiger partial charge is 0.396 e. The molecule has 0 saturated carbocycles. The first-order valence-electron chi connectivity index (χ1n) is 7.16. The minimum absolute atomic E-state index is 0.331. The summed E-state index contributed by atoms with van der Waals surface area (Å²) in [5, 5.41) is 12.4. The van der Waals surface area contributed by atoms with Gasteiger partial charge in [-0.25, -0.2) is 0 Å². The lowest BCUT2D eigenvalue weighted by Gasteiger charge is -2.14. The molecule has 0 radical (unpaired) electrons. The Morgan fingerprint density at radius 1 is 1.00 bits per heavy atom. The molecule has 1 unspecified atom stereocenters. The lowest BCUT2D eigenvalue weighted by atomic mass is 10.0. The highest BCUT2D eigenvalue weighted by molar-refractivity contribution is 4.60. The minimum Gasteiger partial charge on any atom is -0.396 e. The van der Waals surface area contributed by atoms with E-state index in [1.807, 2.05) is 0 Å². The van der Waals surface area contributed by atoms with Gasteiger partial charge >= 0.3 is 0 Å². The van der Waals surface area contributed by atoms with E-state index in [4.69, 9.17) is 5.11 Å². The predicted molar refractivity (Wildman–Crippen MR) is 71.7 cm³/mol. The molecule has 98 valence electrons. The number of aliphatic hydroxyl groups excluding tert-OH is 1. The fourth-order valence-corrected chi connectivity index (χ4v) is 1.97. The zero-order chi connectivity index (χ0) is 12.1. The van der Waals surface area contributed by atoms with Crippen LogP contribution in [0.2, 0.25) is 0 Å². The molecule has 0 aliphatic heterocycles. The van der Waals surface area contributed by atoms with Gasteiger partial charge in [0, 0.05) is 6.61 Å². The lowest BCUT2D eigenvalue weighted by molar-refractivity contribution is 0.251. The number of unbranched alkanes of at least 4 members (excludes halogenated alkanes) is 5. The lowest BCUT2D eigenvalue weighted by Crippen LogP contribution is -2.24. The van der Waals surface area contributed by atoms with Crippen LogP contribution in [-0.4, -0.2) is 24.8 Å². The van der Waals surface area contributed by atoms with Crippen LogP contribution in [0, 0.1) is 5.92 Å². The number of nitrogens with one attached hydrogen (secondary N) is 1. The zero-order valence-corrected chi connectivity index (χ0v) is 11.3. The van der Waals surface area contributed by atoms with Crippen LogP contribution in [-0.2, 0) is 0 Å². The van der Waals surface area contributed by atoms with Crippen molar-refractivity contribution in [1.82, 2.24) is 5.32 Å². The molecule has 0 saturated heterocycles. The van der Waals surface area contributed by atoms with Crippen LogP contribution in [0.4, 0.5) is 0 Å². The number of hydrogen-bond acceptors (Lipinski definition) is 2. The SMILES string of the molecule is CCCCCCCCNCC(CC)CCO. The molecule has 0 bridgehead atoms. The highest BCUT2D eigenvalue weighted by Crippen LogP contribution is 2.06. The number of hydrogen-bond donors (Lipinski definition) is 2. The van der Waals surface area contributed by atoms with E-state index in [9.17, 15) is 0 Å². The van der Waals surface area contributed by atoms with Gasteiger partial charge in [-0.3, -0.25) is 0 Å². The first-order chi connectivity index (χ1) is 7.85. The smallest absolute Gasteiger partial charge is 0.0434 e. The van der Waals surface area contributed by atoms with E-state index in [0.717, 1.165) is 19.5 Å². The Hall–Kier alpha value is -0.0800. The second-order valence-corrected chi connectivity index (χ2v) is 4.76. The van der Waals surface area contributed by atoms with Crippen molar-refractivity contribution in [2.45, 2.75) is 65.2 Å². The van der Waals surface area contributed by atoms with Gasteiger partial charge in [0.1, 0.15) is 0 Å². The average molecular weight is 229 g/mol. The third-order valence-electron chi connectivity index (χ3n) is 3.25. The van der Waals surface area contributed by atoms with E-state index < -0.39 is 0 Å². The third kappa shape index (κ3) is 10.4. The van der Waals surface area contributed by atoms with Crippen molar-refractivity contribution in [2.75, 3.05) is 19.7 Å². The first-order valence-corrected chi connectivity index (χ1v) is 7.16. The van der Waals surface area contributed by atoms with Crippen LogP contribution in [0.15, 0.2) is 0 Å². The van der Waals surface area contributed by atoms with E-state index in [1.165, 1.54) is 44.9 Å². The van der Waals surface area contributed by atoms with Gasteiger partial charge in [0.15, 0.2) is 0 Å².